The van der Waals surface area contributed by atoms with Crippen molar-refractivity contribution >= 4 is 15.9 Å². The van der Waals surface area contributed by atoms with E-state index < -0.39 is 17.7 Å². The SMILES string of the molecule is CNC(c1ccnc(C)c1)c1c(F)ccc(Br)c1F. The lowest BCUT2D eigenvalue weighted by Crippen LogP contribution is -2.21. The first kappa shape index (κ1) is 14.1. The first-order chi connectivity index (χ1) is 9.04. The third-order valence-electron chi connectivity index (χ3n) is 2.91. The molecule has 0 saturated carbocycles. The van der Waals surface area contributed by atoms with Gasteiger partial charge < -0.3 is 5.32 Å². The molecule has 19 heavy (non-hydrogen) atoms. The Bertz CT molecular complexity index is 602. The van der Waals surface area contributed by atoms with Crippen LogP contribution in [0.15, 0.2) is 34.9 Å². The van der Waals surface area contributed by atoms with Crippen LogP contribution in [0.5, 0.6) is 0 Å². The number of aryl methyl sites for hydroxylation is 1. The van der Waals surface area contributed by atoms with E-state index in [-0.39, 0.29) is 10.0 Å². The van der Waals surface area contributed by atoms with Gasteiger partial charge in [0.1, 0.15) is 11.6 Å². The van der Waals surface area contributed by atoms with Gasteiger partial charge in [0.05, 0.1) is 10.5 Å². The maximum absolute atomic E-state index is 14.1. The predicted octanol–water partition coefficient (Wildman–Crippen LogP) is 3.74. The second-order valence-corrected chi connectivity index (χ2v) is 5.06. The molecule has 5 heteroatoms. The zero-order valence-corrected chi connectivity index (χ0v) is 12.1. The summed E-state index contributed by atoms with van der Waals surface area (Å²) in [4.78, 5) is 4.09. The van der Waals surface area contributed by atoms with Crippen LogP contribution in [0.4, 0.5) is 8.78 Å². The maximum Gasteiger partial charge on any atom is 0.145 e. The highest BCUT2D eigenvalue weighted by atomic mass is 79.9. The Morgan fingerprint density at radius 1 is 1.26 bits per heavy atom. The summed E-state index contributed by atoms with van der Waals surface area (Å²) in [6, 6.07) is 5.60. The summed E-state index contributed by atoms with van der Waals surface area (Å²) in [6.45, 7) is 1.84. The minimum Gasteiger partial charge on any atom is -0.309 e. The van der Waals surface area contributed by atoms with Gasteiger partial charge in [-0.05, 0) is 59.7 Å². The largest absolute Gasteiger partial charge is 0.309 e. The molecular formula is C14H13BrF2N2. The van der Waals surface area contributed by atoms with Gasteiger partial charge in [0.25, 0.3) is 0 Å². The lowest BCUT2D eigenvalue weighted by atomic mass is 9.98. The van der Waals surface area contributed by atoms with Gasteiger partial charge in [-0.3, -0.25) is 4.98 Å². The van der Waals surface area contributed by atoms with Crippen molar-refractivity contribution < 1.29 is 8.78 Å². The molecule has 0 bridgehead atoms. The van der Waals surface area contributed by atoms with E-state index in [0.717, 1.165) is 11.3 Å². The van der Waals surface area contributed by atoms with Crippen LogP contribution >= 0.6 is 15.9 Å². The molecule has 1 aromatic heterocycles. The molecule has 1 unspecified atom stereocenters. The van der Waals surface area contributed by atoms with Crippen molar-refractivity contribution in [3.05, 3.63) is 63.4 Å². The van der Waals surface area contributed by atoms with Crippen molar-refractivity contribution in [2.24, 2.45) is 0 Å². The zero-order chi connectivity index (χ0) is 14.0. The number of hydrogen-bond donors (Lipinski definition) is 1. The van der Waals surface area contributed by atoms with Crippen LogP contribution in [0.1, 0.15) is 22.9 Å². The number of hydrogen-bond acceptors (Lipinski definition) is 2. The van der Waals surface area contributed by atoms with Crippen molar-refractivity contribution in [3.8, 4) is 0 Å². The Labute approximate surface area is 119 Å². The second kappa shape index (κ2) is 5.75. The number of nitrogens with zero attached hydrogens (tertiary/aromatic N) is 1. The molecule has 2 aromatic rings. The molecule has 1 atom stereocenters. The summed E-state index contributed by atoms with van der Waals surface area (Å²) < 4.78 is 28.3. The number of rotatable bonds is 3. The molecule has 0 spiro atoms. The van der Waals surface area contributed by atoms with Gasteiger partial charge in [0.2, 0.25) is 0 Å². The van der Waals surface area contributed by atoms with Crippen LogP contribution in [0.25, 0.3) is 0 Å². The molecule has 0 aliphatic heterocycles. The number of pyridine rings is 1. The van der Waals surface area contributed by atoms with Gasteiger partial charge in [0, 0.05) is 17.5 Å². The van der Waals surface area contributed by atoms with E-state index in [0.29, 0.717) is 0 Å². The lowest BCUT2D eigenvalue weighted by molar-refractivity contribution is 0.518. The first-order valence-electron chi connectivity index (χ1n) is 5.77. The summed E-state index contributed by atoms with van der Waals surface area (Å²) in [5, 5.41) is 2.94. The molecule has 0 fully saturated rings. The van der Waals surface area contributed by atoms with Gasteiger partial charge in [-0.1, -0.05) is 0 Å². The minimum absolute atomic E-state index is 0.00229. The Kier molecular flexibility index (Phi) is 4.27. The summed E-state index contributed by atoms with van der Waals surface area (Å²) >= 11 is 3.08. The summed E-state index contributed by atoms with van der Waals surface area (Å²) in [6.07, 6.45) is 1.63. The number of benzene rings is 1. The topological polar surface area (TPSA) is 24.9 Å². The average molecular weight is 327 g/mol. The van der Waals surface area contributed by atoms with Gasteiger partial charge in [-0.15, -0.1) is 0 Å². The first-order valence-corrected chi connectivity index (χ1v) is 6.57. The van der Waals surface area contributed by atoms with Crippen LogP contribution in [0.2, 0.25) is 0 Å². The molecule has 2 nitrogen and oxygen atoms in total. The van der Waals surface area contributed by atoms with E-state index in [4.69, 9.17) is 0 Å². The molecule has 1 N–H and O–H groups in total. The van der Waals surface area contributed by atoms with Crippen molar-refractivity contribution in [2.75, 3.05) is 7.05 Å². The van der Waals surface area contributed by atoms with Gasteiger partial charge >= 0.3 is 0 Å². The molecule has 1 aromatic carbocycles. The van der Waals surface area contributed by atoms with Crippen LogP contribution < -0.4 is 5.32 Å². The highest BCUT2D eigenvalue weighted by molar-refractivity contribution is 9.10. The van der Waals surface area contributed by atoms with E-state index in [1.54, 1.807) is 25.4 Å². The van der Waals surface area contributed by atoms with Gasteiger partial charge in [0.15, 0.2) is 0 Å². The standard InChI is InChI=1S/C14H13BrF2N2/c1-8-7-9(5-6-19-8)14(18-2)12-11(16)4-3-10(15)13(12)17/h3-7,14,18H,1-2H3. The van der Waals surface area contributed by atoms with Gasteiger partial charge in [-0.25, -0.2) is 8.78 Å². The molecule has 0 radical (unpaired) electrons. The smallest absolute Gasteiger partial charge is 0.145 e. The molecule has 2 rings (SSSR count). The van der Waals surface area contributed by atoms with E-state index in [1.807, 2.05) is 6.92 Å². The summed E-state index contributed by atoms with van der Waals surface area (Å²) in [7, 11) is 1.67. The Morgan fingerprint density at radius 3 is 2.63 bits per heavy atom. The number of halogens is 3. The second-order valence-electron chi connectivity index (χ2n) is 4.21. The minimum atomic E-state index is -0.589. The van der Waals surface area contributed by atoms with E-state index in [9.17, 15) is 8.78 Å². The third-order valence-corrected chi connectivity index (χ3v) is 3.52. The molecule has 0 aliphatic carbocycles. The Balaban J connectivity index is 2.57. The fraction of sp³-hybridized carbons (Fsp3) is 0.214. The molecule has 0 saturated heterocycles. The molecular weight excluding hydrogens is 314 g/mol. The van der Waals surface area contributed by atoms with E-state index in [1.165, 1.54) is 12.1 Å². The fourth-order valence-electron chi connectivity index (χ4n) is 2.03. The third kappa shape index (κ3) is 2.82. The molecule has 0 amide bonds. The monoisotopic (exact) mass is 326 g/mol. The van der Waals surface area contributed by atoms with E-state index >= 15 is 0 Å². The quantitative estimate of drug-likeness (QED) is 0.869. The van der Waals surface area contributed by atoms with Crippen LogP contribution in [0, 0.1) is 18.6 Å². The maximum atomic E-state index is 14.1. The summed E-state index contributed by atoms with van der Waals surface area (Å²) in [5.74, 6) is -1.16. The average Bonchev–Trinajstić information content (AvgIpc) is 2.39. The van der Waals surface area contributed by atoms with Gasteiger partial charge in [-0.2, -0.15) is 0 Å². The fourth-order valence-corrected chi connectivity index (χ4v) is 2.38. The molecule has 1 heterocycles. The van der Waals surface area contributed by atoms with Crippen molar-refractivity contribution in [3.63, 3.8) is 0 Å². The van der Waals surface area contributed by atoms with Crippen molar-refractivity contribution in [2.45, 2.75) is 13.0 Å². The summed E-state index contributed by atoms with van der Waals surface area (Å²) in [5.41, 5.74) is 1.57. The zero-order valence-electron chi connectivity index (χ0n) is 10.5. The predicted molar refractivity (Wildman–Crippen MR) is 73.9 cm³/mol. The highest BCUT2D eigenvalue weighted by Crippen LogP contribution is 2.30. The Morgan fingerprint density at radius 2 is 2.00 bits per heavy atom. The molecule has 100 valence electrons. The van der Waals surface area contributed by atoms with Crippen molar-refractivity contribution in [1.82, 2.24) is 10.3 Å². The van der Waals surface area contributed by atoms with Crippen molar-refractivity contribution in [1.29, 1.82) is 0 Å². The van der Waals surface area contributed by atoms with Crippen LogP contribution in [-0.2, 0) is 0 Å². The van der Waals surface area contributed by atoms with Crippen LogP contribution in [0.3, 0.4) is 0 Å². The molecule has 0 aliphatic rings. The number of nitrogens with one attached hydrogen (secondary N) is 1. The lowest BCUT2D eigenvalue weighted by Gasteiger charge is -2.19. The normalized spacial score (nSPS) is 12.5. The Hall–Kier alpha value is -1.33. The highest BCUT2D eigenvalue weighted by Gasteiger charge is 2.22. The number of aromatic nitrogens is 1. The van der Waals surface area contributed by atoms with Crippen LogP contribution in [-0.4, -0.2) is 12.0 Å². The van der Waals surface area contributed by atoms with E-state index in [2.05, 4.69) is 26.2 Å².